The molecule has 0 aromatic heterocycles. The van der Waals surface area contributed by atoms with Gasteiger partial charge in [0.15, 0.2) is 11.7 Å². The minimum absolute atomic E-state index is 0.401. The second-order valence-electron chi connectivity index (χ2n) is 5.63. The van der Waals surface area contributed by atoms with Gasteiger partial charge in [0.25, 0.3) is 0 Å². The van der Waals surface area contributed by atoms with Gasteiger partial charge >= 0.3 is 6.18 Å². The van der Waals surface area contributed by atoms with Crippen LogP contribution in [0.5, 0.6) is 0 Å². The van der Waals surface area contributed by atoms with Crippen molar-refractivity contribution in [3.05, 3.63) is 76.6 Å². The molecule has 0 radical (unpaired) electrons. The third-order valence-corrected chi connectivity index (χ3v) is 3.65. The van der Waals surface area contributed by atoms with Gasteiger partial charge < -0.3 is 0 Å². The second-order valence-corrected chi connectivity index (χ2v) is 5.63. The number of hydrogen-bond acceptors (Lipinski definition) is 0. The Kier molecular flexibility index (Phi) is 6.29. The summed E-state index contributed by atoms with van der Waals surface area (Å²) in [6.07, 6.45) is 0.658. The molecule has 0 bridgehead atoms. The van der Waals surface area contributed by atoms with Crippen LogP contribution in [-0.4, -0.2) is 0 Å². The quantitative estimate of drug-likeness (QED) is 0.379. The molecule has 0 spiro atoms. The predicted molar refractivity (Wildman–Crippen MR) is 90.8 cm³/mol. The minimum atomic E-state index is -4.58. The molecule has 0 aliphatic rings. The van der Waals surface area contributed by atoms with Crippen LogP contribution in [-0.2, 0) is 6.18 Å². The molecule has 2 aromatic rings. The van der Waals surface area contributed by atoms with Crippen LogP contribution in [0.25, 0.3) is 17.7 Å². The van der Waals surface area contributed by atoms with Crippen LogP contribution in [0.1, 0.15) is 42.0 Å². The second kappa shape index (κ2) is 8.25. The van der Waals surface area contributed by atoms with E-state index in [4.69, 9.17) is 0 Å². The summed E-state index contributed by atoms with van der Waals surface area (Å²) in [5, 5.41) is 0. The first-order valence-electron chi connectivity index (χ1n) is 7.93. The number of halogens is 6. The van der Waals surface area contributed by atoms with E-state index < -0.39 is 40.3 Å². The fourth-order valence-corrected chi connectivity index (χ4v) is 2.25. The molecule has 2 rings (SSSR count). The molecular formula is C20H16F6. The first kappa shape index (κ1) is 19.8. The topological polar surface area (TPSA) is 0 Å². The average molecular weight is 370 g/mol. The highest BCUT2D eigenvalue weighted by Crippen LogP contribution is 2.33. The van der Waals surface area contributed by atoms with Gasteiger partial charge in [-0.05, 0) is 36.2 Å². The molecule has 26 heavy (non-hydrogen) atoms. The van der Waals surface area contributed by atoms with E-state index in [9.17, 15) is 26.3 Å². The summed E-state index contributed by atoms with van der Waals surface area (Å²) in [6, 6.07) is 6.49. The molecule has 0 amide bonds. The van der Waals surface area contributed by atoms with Gasteiger partial charge in [0.1, 0.15) is 5.82 Å². The van der Waals surface area contributed by atoms with Crippen molar-refractivity contribution in [1.29, 1.82) is 0 Å². The first-order valence-corrected chi connectivity index (χ1v) is 7.93. The third kappa shape index (κ3) is 4.77. The summed E-state index contributed by atoms with van der Waals surface area (Å²) in [6.45, 7) is 1.98. The average Bonchev–Trinajstić information content (AvgIpc) is 2.60. The first-order chi connectivity index (χ1) is 12.2. The van der Waals surface area contributed by atoms with E-state index in [-0.39, 0.29) is 0 Å². The van der Waals surface area contributed by atoms with E-state index in [2.05, 4.69) is 0 Å². The molecule has 0 saturated heterocycles. The van der Waals surface area contributed by atoms with Crippen LogP contribution < -0.4 is 0 Å². The lowest BCUT2D eigenvalue weighted by atomic mass is 10.1. The smallest absolute Gasteiger partial charge is 0.206 e. The van der Waals surface area contributed by atoms with Crippen LogP contribution in [0, 0.1) is 5.82 Å². The van der Waals surface area contributed by atoms with Crippen LogP contribution in [0.2, 0.25) is 0 Å². The monoisotopic (exact) mass is 370 g/mol. The van der Waals surface area contributed by atoms with Crippen molar-refractivity contribution in [2.75, 3.05) is 0 Å². The number of alkyl halides is 3. The zero-order valence-electron chi connectivity index (χ0n) is 13.9. The molecule has 0 saturated carbocycles. The normalized spacial score (nSPS) is 13.2. The fourth-order valence-electron chi connectivity index (χ4n) is 2.25. The molecule has 138 valence electrons. The van der Waals surface area contributed by atoms with Crippen molar-refractivity contribution < 1.29 is 26.3 Å². The van der Waals surface area contributed by atoms with Crippen molar-refractivity contribution >= 4 is 17.7 Å². The van der Waals surface area contributed by atoms with Gasteiger partial charge in [0.05, 0.1) is 5.56 Å². The lowest BCUT2D eigenvalue weighted by molar-refractivity contribution is -0.137. The zero-order valence-corrected chi connectivity index (χ0v) is 13.9. The molecule has 0 atom stereocenters. The van der Waals surface area contributed by atoms with E-state index in [0.29, 0.717) is 17.7 Å². The Labute approximate surface area is 147 Å². The van der Waals surface area contributed by atoms with Crippen molar-refractivity contribution in [3.63, 3.8) is 0 Å². The Bertz CT molecular complexity index is 813. The van der Waals surface area contributed by atoms with Gasteiger partial charge in [-0.25, -0.2) is 13.2 Å². The van der Waals surface area contributed by atoms with E-state index in [1.807, 2.05) is 13.0 Å². The summed E-state index contributed by atoms with van der Waals surface area (Å²) < 4.78 is 80.1. The standard InChI is InChI=1S/C20H16F6/c1-2-3-4-5-13-6-11-16(17(21)12-13)19(23)18(22)14-7-9-15(10-8-14)20(24,25)26/h4-12H,2-3H2,1H3/b5-4+,19-18-. The van der Waals surface area contributed by atoms with E-state index in [1.54, 1.807) is 6.08 Å². The Balaban J connectivity index is 2.32. The number of rotatable bonds is 5. The molecule has 0 heterocycles. The summed E-state index contributed by atoms with van der Waals surface area (Å²) in [4.78, 5) is 0. The third-order valence-electron chi connectivity index (χ3n) is 3.65. The zero-order chi connectivity index (χ0) is 19.3. The number of unbranched alkanes of at least 4 members (excludes halogenated alkanes) is 1. The van der Waals surface area contributed by atoms with E-state index in [0.717, 1.165) is 37.1 Å². The lowest BCUT2D eigenvalue weighted by Crippen LogP contribution is -2.04. The number of hydrogen-bond donors (Lipinski definition) is 0. The van der Waals surface area contributed by atoms with Crippen LogP contribution in [0.15, 0.2) is 48.5 Å². The maximum atomic E-state index is 14.3. The van der Waals surface area contributed by atoms with Gasteiger partial charge in [0.2, 0.25) is 0 Å². The van der Waals surface area contributed by atoms with Gasteiger partial charge in [0, 0.05) is 11.1 Å². The van der Waals surface area contributed by atoms with Gasteiger partial charge in [-0.15, -0.1) is 0 Å². The van der Waals surface area contributed by atoms with E-state index >= 15 is 0 Å². The SMILES string of the molecule is CCC/C=C/c1ccc(/C(F)=C(/F)c2ccc(C(F)(F)F)cc2)c(F)c1. The Hall–Kier alpha value is -2.50. The summed E-state index contributed by atoms with van der Waals surface area (Å²) in [7, 11) is 0. The van der Waals surface area contributed by atoms with Gasteiger partial charge in [-0.2, -0.15) is 13.2 Å². The molecule has 0 fully saturated rings. The molecule has 2 aromatic carbocycles. The summed E-state index contributed by atoms with van der Waals surface area (Å²) in [5.74, 6) is -3.85. The predicted octanol–water partition coefficient (Wildman–Crippen LogP) is 7.42. The molecule has 0 unspecified atom stereocenters. The molecule has 0 aliphatic carbocycles. The summed E-state index contributed by atoms with van der Waals surface area (Å²) >= 11 is 0. The molecule has 0 nitrogen and oxygen atoms in total. The highest BCUT2D eigenvalue weighted by Gasteiger charge is 2.30. The highest BCUT2D eigenvalue weighted by atomic mass is 19.4. The minimum Gasteiger partial charge on any atom is -0.206 e. The molecule has 0 N–H and O–H groups in total. The van der Waals surface area contributed by atoms with Gasteiger partial charge in [-0.1, -0.05) is 43.7 Å². The number of allylic oxidation sites excluding steroid dienone is 1. The Morgan fingerprint density at radius 3 is 2.15 bits per heavy atom. The van der Waals surface area contributed by atoms with Crippen molar-refractivity contribution in [2.24, 2.45) is 0 Å². The van der Waals surface area contributed by atoms with Crippen LogP contribution >= 0.6 is 0 Å². The molecular weight excluding hydrogens is 354 g/mol. The van der Waals surface area contributed by atoms with Crippen LogP contribution in [0.4, 0.5) is 26.3 Å². The molecule has 6 heteroatoms. The van der Waals surface area contributed by atoms with Crippen molar-refractivity contribution in [1.82, 2.24) is 0 Å². The fraction of sp³-hybridized carbons (Fsp3) is 0.200. The largest absolute Gasteiger partial charge is 0.416 e. The van der Waals surface area contributed by atoms with Gasteiger partial charge in [-0.3, -0.25) is 0 Å². The maximum absolute atomic E-state index is 14.3. The van der Waals surface area contributed by atoms with Crippen molar-refractivity contribution in [3.8, 4) is 0 Å². The highest BCUT2D eigenvalue weighted by molar-refractivity contribution is 5.83. The maximum Gasteiger partial charge on any atom is 0.416 e. The molecule has 0 aliphatic heterocycles. The lowest BCUT2D eigenvalue weighted by Gasteiger charge is -2.08. The number of benzene rings is 2. The van der Waals surface area contributed by atoms with Crippen LogP contribution in [0.3, 0.4) is 0 Å². The summed E-state index contributed by atoms with van der Waals surface area (Å²) in [5.41, 5.74) is -1.47. The Morgan fingerprint density at radius 2 is 1.62 bits per heavy atom. The van der Waals surface area contributed by atoms with E-state index in [1.165, 1.54) is 6.07 Å². The Morgan fingerprint density at radius 1 is 0.962 bits per heavy atom. The van der Waals surface area contributed by atoms with Crippen molar-refractivity contribution in [2.45, 2.75) is 25.9 Å².